The molecule has 1 saturated carbocycles. The van der Waals surface area contributed by atoms with Crippen molar-refractivity contribution in [2.24, 2.45) is 5.92 Å². The van der Waals surface area contributed by atoms with Crippen LogP contribution in [0.15, 0.2) is 42.5 Å². The number of carbonyl (C=O) groups is 1. The Morgan fingerprint density at radius 2 is 1.86 bits per heavy atom. The highest BCUT2D eigenvalue weighted by molar-refractivity contribution is 14.1. The van der Waals surface area contributed by atoms with Crippen LogP contribution < -0.4 is 10.1 Å². The third kappa shape index (κ3) is 7.16. The SMILES string of the molecule is Cc1ccc(OCCCN2CCOCC2)c(-c2nc3nc(C(=O)O)nc(N[C@H](C)C4CC4)c3n2Cc2ccc(CI)cc2)c1. The van der Waals surface area contributed by atoms with Crippen molar-refractivity contribution in [3.05, 3.63) is 65.0 Å². The number of halogens is 1. The first-order valence-corrected chi connectivity index (χ1v) is 16.9. The summed E-state index contributed by atoms with van der Waals surface area (Å²) in [6.07, 6.45) is 3.20. The van der Waals surface area contributed by atoms with Crippen molar-refractivity contribution in [1.82, 2.24) is 24.4 Å². The van der Waals surface area contributed by atoms with E-state index in [4.69, 9.17) is 14.5 Å². The molecule has 4 aromatic rings. The minimum Gasteiger partial charge on any atom is -0.493 e. The molecule has 2 aliphatic rings. The number of morpholine rings is 1. The van der Waals surface area contributed by atoms with E-state index in [0.29, 0.717) is 41.9 Å². The smallest absolute Gasteiger partial charge is 0.374 e. The number of carboxylic acids is 1. The molecule has 3 heterocycles. The zero-order valence-electron chi connectivity index (χ0n) is 25.3. The molecule has 10 nitrogen and oxygen atoms in total. The van der Waals surface area contributed by atoms with E-state index in [1.165, 1.54) is 5.56 Å². The highest BCUT2D eigenvalue weighted by atomic mass is 127. The van der Waals surface area contributed by atoms with Crippen molar-refractivity contribution in [3.8, 4) is 17.1 Å². The number of alkyl halides is 1. The van der Waals surface area contributed by atoms with Crippen LogP contribution in [-0.2, 0) is 15.7 Å². The average molecular weight is 711 g/mol. The molecule has 2 N–H and O–H groups in total. The summed E-state index contributed by atoms with van der Waals surface area (Å²) in [5.41, 5.74) is 5.31. The Morgan fingerprint density at radius 3 is 2.57 bits per heavy atom. The van der Waals surface area contributed by atoms with Gasteiger partial charge in [0, 0.05) is 36.6 Å². The molecule has 0 unspecified atom stereocenters. The predicted molar refractivity (Wildman–Crippen MR) is 179 cm³/mol. The Morgan fingerprint density at radius 1 is 1.11 bits per heavy atom. The summed E-state index contributed by atoms with van der Waals surface area (Å²) in [6, 6.07) is 14.8. The van der Waals surface area contributed by atoms with Gasteiger partial charge in [0.2, 0.25) is 5.82 Å². The van der Waals surface area contributed by atoms with Gasteiger partial charge in [0.1, 0.15) is 17.1 Å². The second-order valence-electron chi connectivity index (χ2n) is 11.8. The highest BCUT2D eigenvalue weighted by Crippen LogP contribution is 2.37. The number of nitrogens with one attached hydrogen (secondary N) is 1. The van der Waals surface area contributed by atoms with Crippen LogP contribution in [0.3, 0.4) is 0 Å². The van der Waals surface area contributed by atoms with Gasteiger partial charge in [-0.15, -0.1) is 0 Å². The van der Waals surface area contributed by atoms with E-state index in [1.807, 2.05) is 19.1 Å². The van der Waals surface area contributed by atoms with Gasteiger partial charge >= 0.3 is 5.97 Å². The third-order valence-electron chi connectivity index (χ3n) is 8.36. The number of aromatic nitrogens is 4. The molecule has 1 aliphatic carbocycles. The Hall–Kier alpha value is -3.29. The van der Waals surface area contributed by atoms with E-state index >= 15 is 0 Å². The van der Waals surface area contributed by atoms with Gasteiger partial charge in [-0.25, -0.2) is 19.7 Å². The molecule has 2 aromatic carbocycles. The van der Waals surface area contributed by atoms with E-state index < -0.39 is 5.97 Å². The Balaban J connectivity index is 1.41. The minimum absolute atomic E-state index is 0.147. The molecule has 1 aliphatic heterocycles. The van der Waals surface area contributed by atoms with Crippen molar-refractivity contribution < 1.29 is 19.4 Å². The Labute approximate surface area is 271 Å². The van der Waals surface area contributed by atoms with Gasteiger partial charge in [0.15, 0.2) is 11.5 Å². The summed E-state index contributed by atoms with van der Waals surface area (Å²) in [7, 11) is 0. The molecule has 232 valence electrons. The number of hydrogen-bond acceptors (Lipinski definition) is 8. The summed E-state index contributed by atoms with van der Waals surface area (Å²) < 4.78 is 14.9. The van der Waals surface area contributed by atoms with Crippen LogP contribution in [0.2, 0.25) is 0 Å². The molecule has 6 rings (SSSR count). The van der Waals surface area contributed by atoms with Crippen molar-refractivity contribution >= 4 is 45.5 Å². The lowest BCUT2D eigenvalue weighted by molar-refractivity contribution is 0.0358. The lowest BCUT2D eigenvalue weighted by Gasteiger charge is -2.26. The summed E-state index contributed by atoms with van der Waals surface area (Å²) in [5.74, 6) is 0.994. The average Bonchev–Trinajstić information content (AvgIpc) is 3.83. The quantitative estimate of drug-likeness (QED) is 0.101. The van der Waals surface area contributed by atoms with Crippen LogP contribution in [0.25, 0.3) is 22.6 Å². The first kappa shape index (κ1) is 30.7. The first-order valence-electron chi connectivity index (χ1n) is 15.4. The summed E-state index contributed by atoms with van der Waals surface area (Å²) >= 11 is 2.37. The highest BCUT2D eigenvalue weighted by Gasteiger charge is 2.30. The predicted octanol–water partition coefficient (Wildman–Crippen LogP) is 5.79. The number of hydrogen-bond donors (Lipinski definition) is 2. The second-order valence-corrected chi connectivity index (χ2v) is 12.5. The molecular weight excluding hydrogens is 671 g/mol. The van der Waals surface area contributed by atoms with E-state index in [9.17, 15) is 9.90 Å². The fourth-order valence-electron chi connectivity index (χ4n) is 5.68. The molecular formula is C33H39IN6O4. The van der Waals surface area contributed by atoms with E-state index in [0.717, 1.165) is 79.0 Å². The van der Waals surface area contributed by atoms with Crippen molar-refractivity contribution in [3.63, 3.8) is 0 Å². The molecule has 2 aromatic heterocycles. The van der Waals surface area contributed by atoms with Gasteiger partial charge in [0.25, 0.3) is 0 Å². The van der Waals surface area contributed by atoms with E-state index in [2.05, 4.69) is 84.6 Å². The normalized spacial score (nSPS) is 16.2. The van der Waals surface area contributed by atoms with E-state index in [-0.39, 0.29) is 11.9 Å². The molecule has 11 heteroatoms. The molecule has 0 bridgehead atoms. The van der Waals surface area contributed by atoms with E-state index in [1.54, 1.807) is 0 Å². The molecule has 1 atom stereocenters. The molecule has 0 radical (unpaired) electrons. The number of carboxylic acid groups (broad SMARTS) is 1. The van der Waals surface area contributed by atoms with Crippen LogP contribution in [0.4, 0.5) is 5.82 Å². The van der Waals surface area contributed by atoms with Gasteiger partial charge in [-0.2, -0.15) is 0 Å². The van der Waals surface area contributed by atoms with Crippen LogP contribution in [0, 0.1) is 12.8 Å². The second kappa shape index (κ2) is 13.8. The van der Waals surface area contributed by atoms with Gasteiger partial charge < -0.3 is 24.5 Å². The lowest BCUT2D eigenvalue weighted by Crippen LogP contribution is -2.37. The summed E-state index contributed by atoms with van der Waals surface area (Å²) in [5, 5.41) is 13.4. The van der Waals surface area contributed by atoms with Crippen molar-refractivity contribution in [2.75, 3.05) is 44.8 Å². The first-order chi connectivity index (χ1) is 21.4. The number of fused-ring (bicyclic) bond motifs is 1. The number of imidazole rings is 1. The van der Waals surface area contributed by atoms with Crippen LogP contribution in [0.5, 0.6) is 5.75 Å². The summed E-state index contributed by atoms with van der Waals surface area (Å²) in [4.78, 5) is 28.4. The van der Waals surface area contributed by atoms with Crippen LogP contribution >= 0.6 is 22.6 Å². The fourth-order valence-corrected chi connectivity index (χ4v) is 6.19. The van der Waals surface area contributed by atoms with Crippen molar-refractivity contribution in [2.45, 2.75) is 50.1 Å². The zero-order valence-corrected chi connectivity index (χ0v) is 27.4. The Kier molecular flexibility index (Phi) is 9.62. The Bertz CT molecular complexity index is 1620. The maximum Gasteiger partial charge on any atom is 0.374 e. The lowest BCUT2D eigenvalue weighted by atomic mass is 10.1. The van der Waals surface area contributed by atoms with Crippen LogP contribution in [-0.4, -0.2) is 81.0 Å². The number of ether oxygens (including phenoxy) is 2. The molecule has 0 amide bonds. The van der Waals surface area contributed by atoms with Crippen molar-refractivity contribution in [1.29, 1.82) is 0 Å². The van der Waals surface area contributed by atoms with Gasteiger partial charge in [-0.05, 0) is 62.3 Å². The topological polar surface area (TPSA) is 115 Å². The maximum atomic E-state index is 12.1. The van der Waals surface area contributed by atoms with Crippen LogP contribution in [0.1, 0.15) is 53.5 Å². The largest absolute Gasteiger partial charge is 0.493 e. The number of rotatable bonds is 13. The van der Waals surface area contributed by atoms with Gasteiger partial charge in [-0.1, -0.05) is 58.5 Å². The number of anilines is 1. The maximum absolute atomic E-state index is 12.1. The van der Waals surface area contributed by atoms with Gasteiger partial charge in [-0.3, -0.25) is 4.90 Å². The molecule has 2 fully saturated rings. The standard InChI is InChI=1S/C33H39IN6O4/c1-21-4-11-27(44-15-3-12-39-13-16-43-17-14-39)26(18-21)32-38-30-28(40(32)20-24-7-5-23(19-34)6-8-24)29(35-22(2)25-9-10-25)36-31(37-30)33(41)42/h4-8,11,18,22,25H,3,9-10,12-17,19-20H2,1-2H3,(H,41,42)(H,35,36,37)/t22-/m1/s1. The summed E-state index contributed by atoms with van der Waals surface area (Å²) in [6.45, 7) is 9.68. The minimum atomic E-state index is -1.18. The van der Waals surface area contributed by atoms with Gasteiger partial charge in [0.05, 0.1) is 25.4 Å². The monoisotopic (exact) mass is 710 g/mol. The molecule has 0 spiro atoms. The molecule has 44 heavy (non-hydrogen) atoms. The number of aryl methyl sites for hydroxylation is 1. The third-order valence-corrected chi connectivity index (χ3v) is 9.24. The number of nitrogens with zero attached hydrogens (tertiary/aromatic N) is 5. The zero-order chi connectivity index (χ0) is 30.6. The number of aromatic carboxylic acids is 1. The molecule has 1 saturated heterocycles. The number of benzene rings is 2. The fraction of sp³-hybridized carbons (Fsp3) is 0.455.